The number of carbonyl (C=O) groups excluding carboxylic acids is 3. The van der Waals surface area contributed by atoms with Gasteiger partial charge in [0.1, 0.15) is 28.6 Å². The van der Waals surface area contributed by atoms with Gasteiger partial charge in [0, 0.05) is 93.1 Å². The third kappa shape index (κ3) is 8.29. The summed E-state index contributed by atoms with van der Waals surface area (Å²) < 4.78 is 24.0. The third-order valence-electron chi connectivity index (χ3n) is 13.4. The molecule has 4 aliphatic rings. The highest BCUT2D eigenvalue weighted by Gasteiger charge is 2.50. The van der Waals surface area contributed by atoms with Crippen LogP contribution in [0.15, 0.2) is 46.1 Å². The molecule has 1 amide bonds. The Labute approximate surface area is 356 Å². The molecule has 0 radical (unpaired) electrons. The predicted molar refractivity (Wildman–Crippen MR) is 228 cm³/mol. The largest absolute Gasteiger partial charge is 0.507 e. The molecule has 1 fully saturated rings. The number of phenolic OH excluding ortho intramolecular Hbond substituents is 2. The SMILES string of the molecule is CCC(C)N1CCC2(CC1)N=c1c3c(O)c4c(O)c(C)c5c(c4c1=N2)C(=O)[C@@](C)(O/C=C/[C@H](OC)[C@@H](C)[C@@H](OC(C)=O)[C@H](C)[C@H](O)[C@H](C)[C@@H](O)[C@@H](C)/C=C/C=C(/C)C(=O)N3)O5. The second-order valence-electron chi connectivity index (χ2n) is 17.6. The van der Waals surface area contributed by atoms with Crippen molar-refractivity contribution in [3.05, 3.63) is 58.0 Å². The van der Waals surface area contributed by atoms with Gasteiger partial charge in [-0.3, -0.25) is 24.4 Å². The number of carbonyl (C=O) groups is 3. The Morgan fingerprint density at radius 2 is 1.64 bits per heavy atom. The van der Waals surface area contributed by atoms with E-state index >= 15 is 0 Å². The van der Waals surface area contributed by atoms with Gasteiger partial charge in [0.05, 0.1) is 40.9 Å². The molecule has 332 valence electrons. The average molecular weight is 847 g/mol. The lowest BCUT2D eigenvalue weighted by Gasteiger charge is -2.38. The van der Waals surface area contributed by atoms with Crippen LogP contribution in [0, 0.1) is 30.6 Å². The van der Waals surface area contributed by atoms with Crippen LogP contribution in [0.1, 0.15) is 97.5 Å². The zero-order valence-corrected chi connectivity index (χ0v) is 37.1. The molecule has 1 spiro atoms. The van der Waals surface area contributed by atoms with E-state index in [0.717, 1.165) is 6.42 Å². The highest BCUT2D eigenvalue weighted by Crippen LogP contribution is 2.50. The number of hydrogen-bond acceptors (Lipinski definition) is 14. The molecule has 5 N–H and O–H groups in total. The lowest BCUT2D eigenvalue weighted by Crippen LogP contribution is -2.46. The first kappa shape index (κ1) is 45.7. The summed E-state index contributed by atoms with van der Waals surface area (Å²) in [6.07, 6.45) is 6.00. The number of hydrogen-bond donors (Lipinski definition) is 5. The van der Waals surface area contributed by atoms with Gasteiger partial charge in [0.25, 0.3) is 11.7 Å². The first-order chi connectivity index (χ1) is 28.7. The fraction of sp³-hybridized carbons (Fsp3) is 0.587. The molecular formula is C46H62N4O11. The molecule has 15 heteroatoms. The van der Waals surface area contributed by atoms with Crippen LogP contribution in [0.4, 0.5) is 5.69 Å². The van der Waals surface area contributed by atoms with Gasteiger partial charge < -0.3 is 49.6 Å². The number of rotatable bonds is 4. The van der Waals surface area contributed by atoms with Gasteiger partial charge in [-0.2, -0.15) is 0 Å². The van der Waals surface area contributed by atoms with Gasteiger partial charge in [-0.15, -0.1) is 0 Å². The van der Waals surface area contributed by atoms with Crippen molar-refractivity contribution in [2.75, 3.05) is 25.5 Å². The minimum absolute atomic E-state index is 0.0363. The van der Waals surface area contributed by atoms with Crippen molar-refractivity contribution in [3.8, 4) is 17.2 Å². The lowest BCUT2D eigenvalue weighted by atomic mass is 9.78. The van der Waals surface area contributed by atoms with Crippen LogP contribution in [-0.2, 0) is 23.8 Å². The van der Waals surface area contributed by atoms with E-state index < -0.39 is 82.9 Å². The van der Waals surface area contributed by atoms with E-state index in [1.165, 1.54) is 27.2 Å². The van der Waals surface area contributed by atoms with E-state index in [1.807, 2.05) is 0 Å². The van der Waals surface area contributed by atoms with Gasteiger partial charge in [0.2, 0.25) is 0 Å². The number of amides is 1. The minimum atomic E-state index is -1.96. The summed E-state index contributed by atoms with van der Waals surface area (Å²) in [5, 5.41) is 50.2. The number of aliphatic hydroxyl groups is 2. The van der Waals surface area contributed by atoms with Gasteiger partial charge in [-0.05, 0) is 33.3 Å². The molecule has 0 saturated carbocycles. The summed E-state index contributed by atoms with van der Waals surface area (Å²) in [7, 11) is 1.47. The van der Waals surface area contributed by atoms with E-state index in [-0.39, 0.29) is 55.4 Å². The van der Waals surface area contributed by atoms with Crippen LogP contribution >= 0.6 is 0 Å². The second kappa shape index (κ2) is 17.5. The maximum absolute atomic E-state index is 14.7. The summed E-state index contributed by atoms with van der Waals surface area (Å²) in [5.74, 6) is -6.90. The highest BCUT2D eigenvalue weighted by molar-refractivity contribution is 6.19. The summed E-state index contributed by atoms with van der Waals surface area (Å²) in [5.41, 5.74) is -0.576. The summed E-state index contributed by atoms with van der Waals surface area (Å²) in [6.45, 7) is 18.6. The number of phenols is 2. The van der Waals surface area contributed by atoms with Crippen LogP contribution in [0.25, 0.3) is 10.8 Å². The van der Waals surface area contributed by atoms with Crippen molar-refractivity contribution in [1.82, 2.24) is 4.90 Å². The number of methoxy groups -OCH3 is 1. The van der Waals surface area contributed by atoms with Crippen LogP contribution < -0.4 is 20.8 Å². The highest BCUT2D eigenvalue weighted by atomic mass is 16.7. The molecular weight excluding hydrogens is 785 g/mol. The number of aliphatic hydroxyl groups excluding tert-OH is 2. The standard InChI is InChI=1S/C46H62N4O11/c1-12-24(4)50-19-17-46(18-20-50)48-34-31-32-39(54)28(8)42-33(31)43(56)45(10,61-42)59-21-16-30(58-11)25(5)41(60-29(9)51)27(7)38(53)26(6)37(52)22(2)14-13-15-23(3)44(57)47-36(40(32)55)35(34)49-46/h13-16,21-22,24-27,30,37-38,41,52-55H,12,17-20H2,1-11H3,(H,47,57)/b14-13+,21-16+,23-15-/t22-,24?,25+,26+,27+,30-,37-,38+,41+,45-/m0/s1. The van der Waals surface area contributed by atoms with E-state index in [1.54, 1.807) is 65.8 Å². The number of esters is 1. The normalized spacial score (nSPS) is 33.1. The summed E-state index contributed by atoms with van der Waals surface area (Å²) >= 11 is 0. The second-order valence-corrected chi connectivity index (χ2v) is 17.6. The topological polar surface area (TPSA) is 209 Å². The van der Waals surface area contributed by atoms with Crippen molar-refractivity contribution in [2.45, 2.75) is 130 Å². The fourth-order valence-electron chi connectivity index (χ4n) is 9.17. The molecule has 2 aromatic rings. The zero-order valence-electron chi connectivity index (χ0n) is 37.1. The van der Waals surface area contributed by atoms with Gasteiger partial charge in [-0.25, -0.2) is 0 Å². The summed E-state index contributed by atoms with van der Waals surface area (Å²) in [4.78, 5) is 53.7. The minimum Gasteiger partial charge on any atom is -0.507 e. The molecule has 1 saturated heterocycles. The molecule has 10 atom stereocenters. The Balaban J connectivity index is 1.55. The Bertz CT molecular complexity index is 2300. The van der Waals surface area contributed by atoms with E-state index in [2.05, 4.69) is 24.1 Å². The lowest BCUT2D eigenvalue weighted by molar-refractivity contribution is -0.160. The molecule has 1 unspecified atom stereocenters. The number of ether oxygens (including phenoxy) is 4. The maximum atomic E-state index is 14.7. The molecule has 6 rings (SSSR count). The number of benzene rings is 2. The van der Waals surface area contributed by atoms with Crippen LogP contribution in [0.3, 0.4) is 0 Å². The van der Waals surface area contributed by atoms with Crippen LogP contribution in [0.2, 0.25) is 0 Å². The van der Waals surface area contributed by atoms with Crippen molar-refractivity contribution in [2.24, 2.45) is 33.7 Å². The van der Waals surface area contributed by atoms with Crippen LogP contribution in [-0.4, -0.2) is 105 Å². The number of aromatic hydroxyl groups is 2. The number of ketones is 1. The molecule has 0 aromatic heterocycles. The predicted octanol–water partition coefficient (Wildman–Crippen LogP) is 4.89. The van der Waals surface area contributed by atoms with Crippen LogP contribution in [0.5, 0.6) is 17.2 Å². The Kier molecular flexibility index (Phi) is 13.1. The number of nitrogens with one attached hydrogen (secondary N) is 1. The molecule has 15 nitrogen and oxygen atoms in total. The van der Waals surface area contributed by atoms with Gasteiger partial charge in [0.15, 0.2) is 11.4 Å². The van der Waals surface area contributed by atoms with E-state index in [9.17, 15) is 34.8 Å². The van der Waals surface area contributed by atoms with E-state index in [0.29, 0.717) is 32.0 Å². The average Bonchev–Trinajstić information content (AvgIpc) is 3.73. The molecule has 4 heterocycles. The third-order valence-corrected chi connectivity index (χ3v) is 13.4. The number of likely N-dealkylation sites (tertiary alicyclic amines) is 1. The first-order valence-corrected chi connectivity index (χ1v) is 21.3. The monoisotopic (exact) mass is 846 g/mol. The Morgan fingerprint density at radius 1 is 0.984 bits per heavy atom. The first-order valence-electron chi connectivity index (χ1n) is 21.3. The fourth-order valence-corrected chi connectivity index (χ4v) is 9.17. The molecule has 2 aromatic carbocycles. The molecule has 4 bridgehead atoms. The van der Waals surface area contributed by atoms with Gasteiger partial charge >= 0.3 is 11.8 Å². The number of nitrogens with zero attached hydrogens (tertiary/aromatic N) is 3. The molecule has 61 heavy (non-hydrogen) atoms. The Hall–Kier alpha value is -4.83. The number of piperidine rings is 1. The Morgan fingerprint density at radius 3 is 2.26 bits per heavy atom. The van der Waals surface area contributed by atoms with Gasteiger partial charge in [-0.1, -0.05) is 52.8 Å². The summed E-state index contributed by atoms with van der Waals surface area (Å²) in [6, 6.07) is 0.351. The number of allylic oxidation sites excluding steroid dienone is 2. The maximum Gasteiger partial charge on any atom is 0.312 e. The number of fused-ring (bicyclic) bond motifs is 1. The van der Waals surface area contributed by atoms with Crippen molar-refractivity contribution < 1.29 is 53.8 Å². The quantitative estimate of drug-likeness (QED) is 0.206. The smallest absolute Gasteiger partial charge is 0.312 e. The molecule has 0 aliphatic carbocycles. The number of anilines is 1. The van der Waals surface area contributed by atoms with E-state index in [4.69, 9.17) is 28.9 Å². The zero-order chi connectivity index (χ0) is 44.9. The number of Topliss-reactive ketones (excluding diaryl/α,β-unsaturated/α-hetero) is 1. The van der Waals surface area contributed by atoms with Crippen molar-refractivity contribution in [1.29, 1.82) is 0 Å². The molecule has 4 aliphatic heterocycles. The van der Waals surface area contributed by atoms with Crippen molar-refractivity contribution in [3.63, 3.8) is 0 Å². The van der Waals surface area contributed by atoms with Crippen molar-refractivity contribution >= 4 is 34.1 Å².